The van der Waals surface area contributed by atoms with E-state index in [1.807, 2.05) is 66.9 Å². The summed E-state index contributed by atoms with van der Waals surface area (Å²) < 4.78 is 1.98. The van der Waals surface area contributed by atoms with Gasteiger partial charge in [0.05, 0.1) is 5.25 Å². The lowest BCUT2D eigenvalue weighted by atomic mass is 10.1. The standard InChI is InChI=1S/C22H26N4OS/c1-16(14-15-19-10-6-4-7-11-19)23-21(27)17(2)28-22-25-24-18(3)26(22)20-12-8-5-9-13-20/h4-13,16-17H,14-15H2,1-3H3,(H,23,27). The summed E-state index contributed by atoms with van der Waals surface area (Å²) in [5, 5.41) is 12.0. The average Bonchev–Trinajstić information content (AvgIpc) is 3.07. The second kappa shape index (κ2) is 9.55. The molecule has 1 aromatic heterocycles. The zero-order valence-electron chi connectivity index (χ0n) is 16.5. The maximum Gasteiger partial charge on any atom is 0.233 e. The van der Waals surface area contributed by atoms with Crippen molar-refractivity contribution in [2.45, 2.75) is 50.1 Å². The summed E-state index contributed by atoms with van der Waals surface area (Å²) in [4.78, 5) is 12.6. The first-order valence-electron chi connectivity index (χ1n) is 9.53. The zero-order valence-corrected chi connectivity index (χ0v) is 17.3. The minimum absolute atomic E-state index is 0.0193. The molecule has 6 heteroatoms. The van der Waals surface area contributed by atoms with Gasteiger partial charge in [0, 0.05) is 11.7 Å². The Labute approximate surface area is 170 Å². The molecule has 0 radical (unpaired) electrons. The molecule has 1 N–H and O–H groups in total. The molecule has 5 nitrogen and oxygen atoms in total. The molecule has 0 spiro atoms. The van der Waals surface area contributed by atoms with E-state index < -0.39 is 0 Å². The van der Waals surface area contributed by atoms with Gasteiger partial charge in [0.1, 0.15) is 5.82 Å². The van der Waals surface area contributed by atoms with Crippen LogP contribution in [-0.4, -0.2) is 32.0 Å². The van der Waals surface area contributed by atoms with Gasteiger partial charge in [-0.1, -0.05) is 60.3 Å². The summed E-state index contributed by atoms with van der Waals surface area (Å²) in [6.07, 6.45) is 1.86. The predicted molar refractivity (Wildman–Crippen MR) is 114 cm³/mol. The fraction of sp³-hybridized carbons (Fsp3) is 0.318. The lowest BCUT2D eigenvalue weighted by molar-refractivity contribution is -0.120. The van der Waals surface area contributed by atoms with E-state index in [1.165, 1.54) is 17.3 Å². The highest BCUT2D eigenvalue weighted by molar-refractivity contribution is 8.00. The van der Waals surface area contributed by atoms with Crippen molar-refractivity contribution < 1.29 is 4.79 Å². The summed E-state index contributed by atoms with van der Waals surface area (Å²) in [7, 11) is 0. The van der Waals surface area contributed by atoms with Crippen molar-refractivity contribution in [3.8, 4) is 5.69 Å². The molecule has 0 saturated carbocycles. The maximum absolute atomic E-state index is 12.6. The van der Waals surface area contributed by atoms with Gasteiger partial charge >= 0.3 is 0 Å². The fourth-order valence-corrected chi connectivity index (χ4v) is 3.89. The number of rotatable bonds is 8. The number of carbonyl (C=O) groups excluding carboxylic acids is 1. The molecule has 1 heterocycles. The minimum Gasteiger partial charge on any atom is -0.353 e. The fourth-order valence-electron chi connectivity index (χ4n) is 2.97. The van der Waals surface area contributed by atoms with Crippen molar-refractivity contribution in [3.63, 3.8) is 0 Å². The molecule has 3 aromatic rings. The molecule has 0 aliphatic carbocycles. The van der Waals surface area contributed by atoms with E-state index in [9.17, 15) is 4.79 Å². The van der Waals surface area contributed by atoms with Crippen LogP contribution in [0.1, 0.15) is 31.7 Å². The predicted octanol–water partition coefficient (Wildman–Crippen LogP) is 4.19. The number of aromatic nitrogens is 3. The van der Waals surface area contributed by atoms with Crippen molar-refractivity contribution in [3.05, 3.63) is 72.1 Å². The molecule has 0 aliphatic heterocycles. The lowest BCUT2D eigenvalue weighted by Gasteiger charge is -2.17. The average molecular weight is 395 g/mol. The van der Waals surface area contributed by atoms with Crippen LogP contribution in [0.4, 0.5) is 0 Å². The first kappa shape index (κ1) is 20.1. The number of nitrogens with zero attached hydrogens (tertiary/aromatic N) is 3. The Morgan fingerprint density at radius 2 is 1.68 bits per heavy atom. The van der Waals surface area contributed by atoms with Crippen LogP contribution in [-0.2, 0) is 11.2 Å². The van der Waals surface area contributed by atoms with Gasteiger partial charge in [-0.15, -0.1) is 10.2 Å². The van der Waals surface area contributed by atoms with Gasteiger partial charge in [-0.05, 0) is 51.3 Å². The Bertz CT molecular complexity index is 895. The Morgan fingerprint density at radius 1 is 1.04 bits per heavy atom. The number of carbonyl (C=O) groups is 1. The van der Waals surface area contributed by atoms with E-state index in [4.69, 9.17) is 0 Å². The lowest BCUT2D eigenvalue weighted by Crippen LogP contribution is -2.38. The normalized spacial score (nSPS) is 13.1. The molecule has 0 bridgehead atoms. The second-order valence-corrected chi connectivity index (χ2v) is 8.20. The third-order valence-corrected chi connectivity index (χ3v) is 5.60. The Morgan fingerprint density at radius 3 is 2.36 bits per heavy atom. The molecule has 2 aromatic carbocycles. The smallest absolute Gasteiger partial charge is 0.233 e. The number of nitrogens with one attached hydrogen (secondary N) is 1. The first-order chi connectivity index (χ1) is 13.5. The summed E-state index contributed by atoms with van der Waals surface area (Å²) in [6, 6.07) is 20.4. The highest BCUT2D eigenvalue weighted by Crippen LogP contribution is 2.25. The maximum atomic E-state index is 12.6. The van der Waals surface area contributed by atoms with E-state index in [2.05, 4.69) is 34.6 Å². The number of hydrogen-bond acceptors (Lipinski definition) is 4. The highest BCUT2D eigenvalue weighted by Gasteiger charge is 2.21. The molecule has 0 aliphatic rings. The summed E-state index contributed by atoms with van der Waals surface area (Å²) in [6.45, 7) is 5.87. The van der Waals surface area contributed by atoms with Gasteiger partial charge in [-0.3, -0.25) is 9.36 Å². The van der Waals surface area contributed by atoms with Gasteiger partial charge < -0.3 is 5.32 Å². The summed E-state index contributed by atoms with van der Waals surface area (Å²) >= 11 is 1.43. The van der Waals surface area contributed by atoms with Crippen LogP contribution in [0.15, 0.2) is 65.8 Å². The van der Waals surface area contributed by atoms with Crippen LogP contribution in [0.25, 0.3) is 5.69 Å². The molecule has 2 atom stereocenters. The van der Waals surface area contributed by atoms with Crippen molar-refractivity contribution in [2.75, 3.05) is 0 Å². The van der Waals surface area contributed by atoms with Crippen LogP contribution >= 0.6 is 11.8 Å². The summed E-state index contributed by atoms with van der Waals surface area (Å²) in [5.41, 5.74) is 2.29. The first-order valence-corrected chi connectivity index (χ1v) is 10.4. The Hall–Kier alpha value is -2.60. The molecule has 146 valence electrons. The van der Waals surface area contributed by atoms with E-state index >= 15 is 0 Å². The van der Waals surface area contributed by atoms with Gasteiger partial charge in [0.2, 0.25) is 5.91 Å². The van der Waals surface area contributed by atoms with E-state index in [0.717, 1.165) is 29.5 Å². The van der Waals surface area contributed by atoms with Crippen LogP contribution < -0.4 is 5.32 Å². The third-order valence-electron chi connectivity index (χ3n) is 4.56. The molecule has 2 unspecified atom stereocenters. The molecule has 0 fully saturated rings. The van der Waals surface area contributed by atoms with Crippen LogP contribution in [0, 0.1) is 6.92 Å². The number of aryl methyl sites for hydroxylation is 2. The molecule has 1 amide bonds. The number of benzene rings is 2. The minimum atomic E-state index is -0.259. The number of hydrogen-bond donors (Lipinski definition) is 1. The van der Waals surface area contributed by atoms with Crippen LogP contribution in [0.3, 0.4) is 0 Å². The molecule has 28 heavy (non-hydrogen) atoms. The van der Waals surface area contributed by atoms with Gasteiger partial charge in [-0.2, -0.15) is 0 Å². The Balaban J connectivity index is 1.57. The van der Waals surface area contributed by atoms with Crippen molar-refractivity contribution >= 4 is 17.7 Å². The van der Waals surface area contributed by atoms with Gasteiger partial charge in [-0.25, -0.2) is 0 Å². The van der Waals surface area contributed by atoms with E-state index in [-0.39, 0.29) is 17.2 Å². The molecular formula is C22H26N4OS. The number of thioether (sulfide) groups is 1. The molecular weight excluding hydrogens is 368 g/mol. The van der Waals surface area contributed by atoms with Crippen LogP contribution in [0.2, 0.25) is 0 Å². The van der Waals surface area contributed by atoms with Crippen molar-refractivity contribution in [1.82, 2.24) is 20.1 Å². The molecule has 3 rings (SSSR count). The topological polar surface area (TPSA) is 59.8 Å². The number of para-hydroxylation sites is 1. The second-order valence-electron chi connectivity index (χ2n) is 6.89. The highest BCUT2D eigenvalue weighted by atomic mass is 32.2. The zero-order chi connectivity index (χ0) is 19.9. The Kier molecular flexibility index (Phi) is 6.87. The van der Waals surface area contributed by atoms with Gasteiger partial charge in [0.15, 0.2) is 5.16 Å². The quantitative estimate of drug-likeness (QED) is 0.582. The van der Waals surface area contributed by atoms with E-state index in [0.29, 0.717) is 0 Å². The number of amides is 1. The SMILES string of the molecule is Cc1nnc(SC(C)C(=O)NC(C)CCc2ccccc2)n1-c1ccccc1. The van der Waals surface area contributed by atoms with Crippen molar-refractivity contribution in [2.24, 2.45) is 0 Å². The van der Waals surface area contributed by atoms with Crippen molar-refractivity contribution in [1.29, 1.82) is 0 Å². The largest absolute Gasteiger partial charge is 0.353 e. The third kappa shape index (κ3) is 5.23. The van der Waals surface area contributed by atoms with Gasteiger partial charge in [0.25, 0.3) is 0 Å². The summed E-state index contributed by atoms with van der Waals surface area (Å²) in [5.74, 6) is 0.823. The van der Waals surface area contributed by atoms with Crippen LogP contribution in [0.5, 0.6) is 0 Å². The van der Waals surface area contributed by atoms with E-state index in [1.54, 1.807) is 0 Å². The molecule has 0 saturated heterocycles. The monoisotopic (exact) mass is 394 g/mol.